The zero-order chi connectivity index (χ0) is 22.5. The molecule has 0 atom stereocenters. The average Bonchev–Trinajstić information content (AvgIpc) is 3.41. The van der Waals surface area contributed by atoms with E-state index in [0.717, 1.165) is 23.8 Å². The van der Waals surface area contributed by atoms with Crippen molar-refractivity contribution in [2.45, 2.75) is 18.0 Å². The fourth-order valence-electron chi connectivity index (χ4n) is 3.37. The average molecular weight is 450 g/mol. The molecule has 0 bridgehead atoms. The van der Waals surface area contributed by atoms with Crippen molar-refractivity contribution in [2.75, 3.05) is 27.8 Å². The van der Waals surface area contributed by atoms with Crippen molar-refractivity contribution >= 4 is 46.5 Å². The molecule has 164 valence electrons. The number of nitrogens with zero attached hydrogens (tertiary/aromatic N) is 3. The topological polar surface area (TPSA) is 96.3 Å². The number of imidazole rings is 1. The summed E-state index contributed by atoms with van der Waals surface area (Å²) in [5, 5.41) is 6.43. The normalized spacial score (nSPS) is 13.3. The maximum absolute atomic E-state index is 12.5. The molecule has 1 aliphatic rings. The van der Waals surface area contributed by atoms with E-state index in [0.29, 0.717) is 23.4 Å². The van der Waals surface area contributed by atoms with Crippen LogP contribution in [0.15, 0.2) is 66.1 Å². The first-order chi connectivity index (χ1) is 15.5. The van der Waals surface area contributed by atoms with E-state index in [2.05, 4.69) is 15.6 Å². The number of hydrogen-bond acceptors (Lipinski definition) is 5. The fourth-order valence-corrected chi connectivity index (χ4v) is 4.10. The minimum atomic E-state index is -0.252. The Morgan fingerprint density at radius 3 is 2.34 bits per heavy atom. The van der Waals surface area contributed by atoms with Crippen molar-refractivity contribution in [3.05, 3.63) is 66.5 Å². The molecule has 1 aliphatic heterocycles. The van der Waals surface area contributed by atoms with Gasteiger partial charge in [-0.15, -0.1) is 0 Å². The number of benzene rings is 2. The quantitative estimate of drug-likeness (QED) is 0.538. The molecule has 0 aliphatic carbocycles. The number of anilines is 3. The third-order valence-corrected chi connectivity index (χ3v) is 6.11. The molecule has 2 heterocycles. The molecule has 2 N–H and O–H groups in total. The lowest BCUT2D eigenvalue weighted by Crippen LogP contribution is -2.23. The smallest absolute Gasteiger partial charge is 0.255 e. The Hall–Kier alpha value is -3.59. The summed E-state index contributed by atoms with van der Waals surface area (Å²) in [5.74, 6) is -0.0271. The summed E-state index contributed by atoms with van der Waals surface area (Å²) in [4.78, 5) is 42.5. The SMILES string of the molecule is Cn1ccnc1SCC(=O)Nc1ccc(C(=O)Nc2ccc(N3CCCC3=O)cc2)cc1. The standard InChI is InChI=1S/C23H23N5O3S/c1-27-14-12-24-23(27)32-15-20(29)25-17-6-4-16(5-7-17)22(31)26-18-8-10-19(11-9-18)28-13-2-3-21(28)30/h4-12,14H,2-3,13,15H2,1H3,(H,25,29)(H,26,31). The van der Waals surface area contributed by atoms with Gasteiger partial charge in [0, 0.05) is 55.0 Å². The first kappa shape index (κ1) is 21.6. The van der Waals surface area contributed by atoms with Crippen LogP contribution in [0, 0.1) is 0 Å². The number of nitrogens with one attached hydrogen (secondary N) is 2. The van der Waals surface area contributed by atoms with E-state index in [1.165, 1.54) is 11.8 Å². The van der Waals surface area contributed by atoms with E-state index in [1.54, 1.807) is 47.5 Å². The number of amides is 3. The van der Waals surface area contributed by atoms with Crippen LogP contribution in [-0.4, -0.2) is 39.6 Å². The monoisotopic (exact) mass is 449 g/mol. The van der Waals surface area contributed by atoms with E-state index < -0.39 is 0 Å². The van der Waals surface area contributed by atoms with Gasteiger partial charge in [0.1, 0.15) is 0 Å². The van der Waals surface area contributed by atoms with E-state index >= 15 is 0 Å². The molecule has 9 heteroatoms. The summed E-state index contributed by atoms with van der Waals surface area (Å²) >= 11 is 1.35. The molecule has 32 heavy (non-hydrogen) atoms. The molecule has 0 saturated carbocycles. The Kier molecular flexibility index (Phi) is 6.55. The third-order valence-electron chi connectivity index (χ3n) is 5.05. The predicted octanol–water partition coefficient (Wildman–Crippen LogP) is 3.53. The van der Waals surface area contributed by atoms with Crippen LogP contribution in [0.5, 0.6) is 0 Å². The van der Waals surface area contributed by atoms with Crippen LogP contribution in [0.3, 0.4) is 0 Å². The van der Waals surface area contributed by atoms with Crippen LogP contribution in [0.1, 0.15) is 23.2 Å². The second kappa shape index (κ2) is 9.69. The molecule has 0 unspecified atom stereocenters. The molecule has 4 rings (SSSR count). The molecule has 8 nitrogen and oxygen atoms in total. The van der Waals surface area contributed by atoms with Crippen LogP contribution in [0.2, 0.25) is 0 Å². The number of carbonyl (C=O) groups excluding carboxylic acids is 3. The maximum atomic E-state index is 12.5. The van der Waals surface area contributed by atoms with Gasteiger partial charge in [0.25, 0.3) is 5.91 Å². The van der Waals surface area contributed by atoms with Crippen LogP contribution in [-0.2, 0) is 16.6 Å². The Morgan fingerprint density at radius 1 is 1.03 bits per heavy atom. The van der Waals surface area contributed by atoms with Crippen molar-refractivity contribution in [2.24, 2.45) is 7.05 Å². The predicted molar refractivity (Wildman–Crippen MR) is 125 cm³/mol. The van der Waals surface area contributed by atoms with Gasteiger partial charge in [0.2, 0.25) is 11.8 Å². The van der Waals surface area contributed by atoms with Gasteiger partial charge in [-0.3, -0.25) is 14.4 Å². The summed E-state index contributed by atoms with van der Waals surface area (Å²) in [6, 6.07) is 13.9. The number of thioether (sulfide) groups is 1. The van der Waals surface area contributed by atoms with Crippen LogP contribution < -0.4 is 15.5 Å². The van der Waals surface area contributed by atoms with E-state index in [4.69, 9.17) is 0 Å². The van der Waals surface area contributed by atoms with Crippen molar-refractivity contribution < 1.29 is 14.4 Å². The van der Waals surface area contributed by atoms with Crippen LogP contribution in [0.4, 0.5) is 17.1 Å². The second-order valence-corrected chi connectivity index (χ2v) is 8.33. The Bertz CT molecular complexity index is 1130. The van der Waals surface area contributed by atoms with Crippen LogP contribution >= 0.6 is 11.8 Å². The van der Waals surface area contributed by atoms with E-state index in [1.807, 2.05) is 29.9 Å². The lowest BCUT2D eigenvalue weighted by atomic mass is 10.2. The van der Waals surface area contributed by atoms with E-state index in [-0.39, 0.29) is 23.5 Å². The highest BCUT2D eigenvalue weighted by molar-refractivity contribution is 7.99. The molecule has 1 aromatic heterocycles. The summed E-state index contributed by atoms with van der Waals surface area (Å²) in [6.07, 6.45) is 4.97. The lowest BCUT2D eigenvalue weighted by molar-refractivity contribution is -0.117. The number of carbonyl (C=O) groups is 3. The first-order valence-electron chi connectivity index (χ1n) is 10.2. The summed E-state index contributed by atoms with van der Waals surface area (Å²) in [7, 11) is 1.87. The highest BCUT2D eigenvalue weighted by Crippen LogP contribution is 2.23. The molecule has 2 aromatic carbocycles. The van der Waals surface area contributed by atoms with Crippen molar-refractivity contribution in [1.82, 2.24) is 9.55 Å². The van der Waals surface area contributed by atoms with Gasteiger partial charge in [0.05, 0.1) is 5.75 Å². The molecule has 0 spiro atoms. The van der Waals surface area contributed by atoms with Gasteiger partial charge in [-0.05, 0) is 55.0 Å². The van der Waals surface area contributed by atoms with Gasteiger partial charge in [-0.25, -0.2) is 4.98 Å². The first-order valence-corrected chi connectivity index (χ1v) is 11.2. The molecular weight excluding hydrogens is 426 g/mol. The number of hydrogen-bond donors (Lipinski definition) is 2. The zero-order valence-corrected chi connectivity index (χ0v) is 18.4. The highest BCUT2D eigenvalue weighted by atomic mass is 32.2. The highest BCUT2D eigenvalue weighted by Gasteiger charge is 2.21. The number of aryl methyl sites for hydroxylation is 1. The van der Waals surface area contributed by atoms with Crippen molar-refractivity contribution in [3.8, 4) is 0 Å². The van der Waals surface area contributed by atoms with Crippen molar-refractivity contribution in [1.29, 1.82) is 0 Å². The summed E-state index contributed by atoms with van der Waals surface area (Å²) in [5.41, 5.74) is 2.58. The third kappa shape index (κ3) is 5.17. The second-order valence-electron chi connectivity index (χ2n) is 7.38. The van der Waals surface area contributed by atoms with Crippen molar-refractivity contribution in [3.63, 3.8) is 0 Å². The summed E-state index contributed by atoms with van der Waals surface area (Å²) in [6.45, 7) is 0.731. The molecule has 1 fully saturated rings. The van der Waals surface area contributed by atoms with E-state index in [9.17, 15) is 14.4 Å². The fraction of sp³-hybridized carbons (Fsp3) is 0.217. The van der Waals surface area contributed by atoms with Gasteiger partial charge in [-0.1, -0.05) is 11.8 Å². The van der Waals surface area contributed by atoms with Gasteiger partial charge >= 0.3 is 0 Å². The number of rotatable bonds is 7. The van der Waals surface area contributed by atoms with Crippen LogP contribution in [0.25, 0.3) is 0 Å². The lowest BCUT2D eigenvalue weighted by Gasteiger charge is -2.16. The Labute approximate surface area is 190 Å². The Balaban J connectivity index is 1.29. The minimum absolute atomic E-state index is 0.129. The molecular formula is C23H23N5O3S. The van der Waals surface area contributed by atoms with Gasteiger partial charge < -0.3 is 20.1 Å². The van der Waals surface area contributed by atoms with Gasteiger partial charge in [0.15, 0.2) is 5.16 Å². The zero-order valence-electron chi connectivity index (χ0n) is 17.6. The number of aromatic nitrogens is 2. The minimum Gasteiger partial charge on any atom is -0.329 e. The largest absolute Gasteiger partial charge is 0.329 e. The molecule has 3 amide bonds. The Morgan fingerprint density at radius 2 is 1.72 bits per heavy atom. The molecule has 0 radical (unpaired) electrons. The van der Waals surface area contributed by atoms with Gasteiger partial charge in [-0.2, -0.15) is 0 Å². The molecule has 1 saturated heterocycles. The molecule has 3 aromatic rings. The maximum Gasteiger partial charge on any atom is 0.255 e. The summed E-state index contributed by atoms with van der Waals surface area (Å²) < 4.78 is 1.85.